The van der Waals surface area contributed by atoms with Gasteiger partial charge in [-0.1, -0.05) is 12.1 Å². The van der Waals surface area contributed by atoms with Gasteiger partial charge in [0.2, 0.25) is 0 Å². The van der Waals surface area contributed by atoms with Gasteiger partial charge in [0.25, 0.3) is 0 Å². The lowest BCUT2D eigenvalue weighted by atomic mass is 10.0. The second-order valence-corrected chi connectivity index (χ2v) is 3.74. The molecule has 0 N–H and O–H groups in total. The summed E-state index contributed by atoms with van der Waals surface area (Å²) in [6, 6.07) is 7.36. The maximum atomic E-state index is 12.8. The van der Waals surface area contributed by atoms with Crippen LogP contribution in [0.2, 0.25) is 0 Å². The second-order valence-electron chi connectivity index (χ2n) is 3.74. The Balaban J connectivity index is 2.60. The Hall–Kier alpha value is -2.42. The Kier molecular flexibility index (Phi) is 3.21. The highest BCUT2D eigenvalue weighted by atomic mass is 19.4. The maximum absolute atomic E-state index is 12.8. The molecule has 0 saturated heterocycles. The van der Waals surface area contributed by atoms with Gasteiger partial charge in [-0.15, -0.1) is 0 Å². The van der Waals surface area contributed by atoms with E-state index < -0.39 is 17.6 Å². The van der Waals surface area contributed by atoms with Crippen molar-refractivity contribution in [3.05, 3.63) is 53.6 Å². The van der Waals surface area contributed by atoms with Gasteiger partial charge in [-0.05, 0) is 23.8 Å². The lowest BCUT2D eigenvalue weighted by molar-refractivity contribution is -0.137. The topological polar surface area (TPSA) is 36.7 Å². The summed E-state index contributed by atoms with van der Waals surface area (Å²) in [6.07, 6.45) is -3.94. The van der Waals surface area contributed by atoms with Crippen LogP contribution < -0.4 is 0 Å². The molecule has 0 bridgehead atoms. The zero-order valence-corrected chi connectivity index (χ0v) is 9.37. The van der Waals surface area contributed by atoms with Crippen LogP contribution in [-0.4, -0.2) is 4.98 Å². The molecule has 0 saturated carbocycles. The number of rotatable bonds is 1. The summed E-state index contributed by atoms with van der Waals surface area (Å²) in [6.45, 7) is 0. The molecule has 0 aliphatic heterocycles. The molecular formula is C13H6F4N2. The highest BCUT2D eigenvalue weighted by Crippen LogP contribution is 2.32. The molecule has 0 aliphatic carbocycles. The molecule has 0 spiro atoms. The van der Waals surface area contributed by atoms with E-state index in [-0.39, 0.29) is 11.3 Å². The number of nitrogens with zero attached hydrogens (tertiary/aromatic N) is 2. The van der Waals surface area contributed by atoms with Crippen molar-refractivity contribution in [1.29, 1.82) is 5.26 Å². The maximum Gasteiger partial charge on any atom is 0.417 e. The zero-order chi connectivity index (χ0) is 14.0. The van der Waals surface area contributed by atoms with E-state index in [4.69, 9.17) is 5.26 Å². The van der Waals surface area contributed by atoms with Crippen molar-refractivity contribution in [2.24, 2.45) is 0 Å². The normalized spacial score (nSPS) is 11.1. The summed E-state index contributed by atoms with van der Waals surface area (Å²) in [7, 11) is 0. The van der Waals surface area contributed by atoms with E-state index in [2.05, 4.69) is 4.98 Å². The van der Waals surface area contributed by atoms with Crippen LogP contribution in [0.5, 0.6) is 0 Å². The molecule has 0 fully saturated rings. The molecule has 0 aliphatic rings. The van der Waals surface area contributed by atoms with Crippen molar-refractivity contribution in [2.75, 3.05) is 0 Å². The number of halogens is 4. The lowest BCUT2D eigenvalue weighted by Gasteiger charge is -2.09. The predicted molar refractivity (Wildman–Crippen MR) is 59.3 cm³/mol. The second kappa shape index (κ2) is 4.69. The molecule has 1 aromatic carbocycles. The minimum atomic E-state index is -4.55. The van der Waals surface area contributed by atoms with Gasteiger partial charge in [0, 0.05) is 11.8 Å². The van der Waals surface area contributed by atoms with Crippen molar-refractivity contribution in [3.63, 3.8) is 0 Å². The van der Waals surface area contributed by atoms with Crippen LogP contribution in [0.25, 0.3) is 11.1 Å². The van der Waals surface area contributed by atoms with Gasteiger partial charge in [0.05, 0.1) is 5.56 Å². The fourth-order valence-electron chi connectivity index (χ4n) is 1.56. The number of pyridine rings is 1. The molecule has 0 amide bonds. The van der Waals surface area contributed by atoms with Crippen LogP contribution in [0.1, 0.15) is 11.3 Å². The van der Waals surface area contributed by atoms with Crippen molar-refractivity contribution in [2.45, 2.75) is 6.18 Å². The van der Waals surface area contributed by atoms with E-state index >= 15 is 0 Å². The molecule has 1 heterocycles. The number of nitriles is 1. The van der Waals surface area contributed by atoms with Gasteiger partial charge < -0.3 is 0 Å². The zero-order valence-electron chi connectivity index (χ0n) is 9.37. The van der Waals surface area contributed by atoms with Crippen LogP contribution in [0.4, 0.5) is 17.6 Å². The number of hydrogen-bond donors (Lipinski definition) is 0. The average molecular weight is 266 g/mol. The van der Waals surface area contributed by atoms with Crippen LogP contribution in [0.3, 0.4) is 0 Å². The SMILES string of the molecule is N#Cc1ncc(C(F)(F)F)cc1-c1ccc(F)cc1. The quantitative estimate of drug-likeness (QED) is 0.736. The summed E-state index contributed by atoms with van der Waals surface area (Å²) in [5.74, 6) is -0.512. The molecule has 2 aromatic rings. The fourth-order valence-corrected chi connectivity index (χ4v) is 1.56. The van der Waals surface area contributed by atoms with Crippen molar-refractivity contribution in [3.8, 4) is 17.2 Å². The fraction of sp³-hybridized carbons (Fsp3) is 0.0769. The summed E-state index contributed by atoms with van der Waals surface area (Å²) in [5, 5.41) is 8.86. The van der Waals surface area contributed by atoms with Gasteiger partial charge in [0.1, 0.15) is 17.6 Å². The first-order valence-electron chi connectivity index (χ1n) is 5.15. The van der Waals surface area contributed by atoms with Crippen molar-refractivity contribution in [1.82, 2.24) is 4.98 Å². The third-order valence-electron chi connectivity index (χ3n) is 2.48. The smallest absolute Gasteiger partial charge is 0.244 e. The Bertz CT molecular complexity index is 639. The third-order valence-corrected chi connectivity index (χ3v) is 2.48. The summed E-state index contributed by atoms with van der Waals surface area (Å²) >= 11 is 0. The first-order chi connectivity index (χ1) is 8.91. The Morgan fingerprint density at radius 2 is 1.74 bits per heavy atom. The van der Waals surface area contributed by atoms with Crippen LogP contribution in [0.15, 0.2) is 36.5 Å². The standard InChI is InChI=1S/C13H6F4N2/c14-10-3-1-8(2-4-10)11-5-9(13(15,16)17)7-19-12(11)6-18/h1-5,7H. The highest BCUT2D eigenvalue weighted by Gasteiger charge is 2.31. The first kappa shape index (κ1) is 13.0. The summed E-state index contributed by atoms with van der Waals surface area (Å²) < 4.78 is 50.6. The van der Waals surface area contributed by atoms with Gasteiger partial charge in [-0.2, -0.15) is 18.4 Å². The largest absolute Gasteiger partial charge is 0.417 e. The van der Waals surface area contributed by atoms with Gasteiger partial charge in [-0.3, -0.25) is 0 Å². The molecule has 0 unspecified atom stereocenters. The molecule has 96 valence electrons. The van der Waals surface area contributed by atoms with E-state index in [0.29, 0.717) is 11.8 Å². The van der Waals surface area contributed by atoms with Crippen LogP contribution in [-0.2, 0) is 6.18 Å². The van der Waals surface area contributed by atoms with E-state index in [1.165, 1.54) is 12.1 Å². The monoisotopic (exact) mass is 266 g/mol. The first-order valence-corrected chi connectivity index (χ1v) is 5.15. The molecule has 0 radical (unpaired) electrons. The van der Waals surface area contributed by atoms with Gasteiger partial charge in [0.15, 0.2) is 0 Å². The van der Waals surface area contributed by atoms with Gasteiger partial charge in [-0.25, -0.2) is 9.37 Å². The number of alkyl halides is 3. The minimum absolute atomic E-state index is 0.0253. The molecule has 6 heteroatoms. The molecule has 2 nitrogen and oxygen atoms in total. The molecule has 19 heavy (non-hydrogen) atoms. The number of aromatic nitrogens is 1. The van der Waals surface area contributed by atoms with E-state index in [0.717, 1.165) is 18.2 Å². The van der Waals surface area contributed by atoms with Crippen molar-refractivity contribution < 1.29 is 17.6 Å². The Labute approximate surface area is 105 Å². The third kappa shape index (κ3) is 2.71. The summed E-state index contributed by atoms with van der Waals surface area (Å²) in [4.78, 5) is 3.49. The molecular weight excluding hydrogens is 260 g/mol. The van der Waals surface area contributed by atoms with E-state index in [9.17, 15) is 17.6 Å². The predicted octanol–water partition coefficient (Wildman–Crippen LogP) is 3.78. The molecule has 2 rings (SSSR count). The van der Waals surface area contributed by atoms with E-state index in [1.807, 2.05) is 0 Å². The van der Waals surface area contributed by atoms with Crippen LogP contribution >= 0.6 is 0 Å². The van der Waals surface area contributed by atoms with Crippen LogP contribution in [0, 0.1) is 17.1 Å². The average Bonchev–Trinajstić information content (AvgIpc) is 2.38. The highest BCUT2D eigenvalue weighted by molar-refractivity contribution is 5.69. The lowest BCUT2D eigenvalue weighted by Crippen LogP contribution is -2.06. The van der Waals surface area contributed by atoms with Gasteiger partial charge >= 0.3 is 6.18 Å². The van der Waals surface area contributed by atoms with E-state index in [1.54, 1.807) is 6.07 Å². The minimum Gasteiger partial charge on any atom is -0.244 e. The summed E-state index contributed by atoms with van der Waals surface area (Å²) in [5.41, 5.74) is -0.765. The molecule has 1 aromatic heterocycles. The van der Waals surface area contributed by atoms with Crippen molar-refractivity contribution >= 4 is 0 Å². The Morgan fingerprint density at radius 1 is 1.11 bits per heavy atom. The Morgan fingerprint density at radius 3 is 2.26 bits per heavy atom. The molecule has 0 atom stereocenters. The number of benzene rings is 1. The number of hydrogen-bond acceptors (Lipinski definition) is 2.